The van der Waals surface area contributed by atoms with E-state index in [-0.39, 0.29) is 11.7 Å². The van der Waals surface area contributed by atoms with Crippen LogP contribution >= 0.6 is 0 Å². The average Bonchev–Trinajstić information content (AvgIpc) is 2.69. The number of benzene rings is 2. The first-order valence-electron chi connectivity index (χ1n) is 7.82. The Balaban J connectivity index is 2.02. The number of para-hydroxylation sites is 1. The molecule has 2 aliphatic heterocycles. The molecule has 1 amide bonds. The molecule has 122 valence electrons. The van der Waals surface area contributed by atoms with Crippen LogP contribution in [0.4, 0.5) is 15.8 Å². The fourth-order valence-corrected chi connectivity index (χ4v) is 3.31. The van der Waals surface area contributed by atoms with Crippen LogP contribution in [-0.2, 0) is 4.79 Å². The molecule has 0 bridgehead atoms. The minimum absolute atomic E-state index is 0.261. The second-order valence-corrected chi connectivity index (χ2v) is 5.99. The molecule has 0 aromatic heterocycles. The summed E-state index contributed by atoms with van der Waals surface area (Å²) >= 11 is 0. The van der Waals surface area contributed by atoms with Gasteiger partial charge in [0.2, 0.25) is 0 Å². The summed E-state index contributed by atoms with van der Waals surface area (Å²) in [6.45, 7) is 1.25. The fraction of sp³-hybridized carbons (Fsp3) is 0.222. The third kappa shape index (κ3) is 2.11. The van der Waals surface area contributed by atoms with Crippen molar-refractivity contribution in [2.24, 2.45) is 10.7 Å². The van der Waals surface area contributed by atoms with Crippen molar-refractivity contribution in [3.05, 3.63) is 59.4 Å². The molecule has 2 aliphatic rings. The van der Waals surface area contributed by atoms with Gasteiger partial charge in [0.15, 0.2) is 6.17 Å². The second-order valence-electron chi connectivity index (χ2n) is 5.99. The molecule has 24 heavy (non-hydrogen) atoms. The first-order chi connectivity index (χ1) is 11.6. The lowest BCUT2D eigenvalue weighted by atomic mass is 9.97. The van der Waals surface area contributed by atoms with Crippen LogP contribution in [0, 0.1) is 5.82 Å². The standard InChI is InChI=1S/C18H17FN4O/c1-22-9-10-23-16-12(6-4-8-14(16)22)15(21-17(20)18(23)24)11-5-2-3-7-13(11)19/h2-8,17H,9-10,20H2,1H3. The highest BCUT2D eigenvalue weighted by Gasteiger charge is 2.35. The summed E-state index contributed by atoms with van der Waals surface area (Å²) in [6, 6.07) is 12.1. The summed E-state index contributed by atoms with van der Waals surface area (Å²) in [5.41, 5.74) is 9.17. The number of carbonyl (C=O) groups is 1. The molecule has 0 saturated heterocycles. The number of likely N-dealkylation sites (N-methyl/N-ethyl adjacent to an activating group) is 1. The zero-order chi connectivity index (χ0) is 16.8. The van der Waals surface area contributed by atoms with E-state index in [4.69, 9.17) is 5.73 Å². The molecule has 1 unspecified atom stereocenters. The number of anilines is 2. The molecular weight excluding hydrogens is 307 g/mol. The van der Waals surface area contributed by atoms with Gasteiger partial charge in [0, 0.05) is 31.3 Å². The molecule has 2 aromatic carbocycles. The van der Waals surface area contributed by atoms with E-state index in [2.05, 4.69) is 9.89 Å². The zero-order valence-corrected chi connectivity index (χ0v) is 13.2. The number of carbonyl (C=O) groups excluding carboxylic acids is 1. The highest BCUT2D eigenvalue weighted by molar-refractivity contribution is 6.22. The maximum atomic E-state index is 14.4. The third-order valence-electron chi connectivity index (χ3n) is 4.53. The quantitative estimate of drug-likeness (QED) is 0.869. The molecule has 0 saturated carbocycles. The van der Waals surface area contributed by atoms with E-state index >= 15 is 0 Å². The maximum absolute atomic E-state index is 14.4. The summed E-state index contributed by atoms with van der Waals surface area (Å²) in [7, 11) is 1.97. The van der Waals surface area contributed by atoms with E-state index in [1.807, 2.05) is 25.2 Å². The van der Waals surface area contributed by atoms with Gasteiger partial charge in [-0.05, 0) is 18.2 Å². The van der Waals surface area contributed by atoms with Gasteiger partial charge >= 0.3 is 0 Å². The van der Waals surface area contributed by atoms with E-state index in [9.17, 15) is 9.18 Å². The molecule has 5 nitrogen and oxygen atoms in total. The van der Waals surface area contributed by atoms with Crippen LogP contribution in [0.5, 0.6) is 0 Å². The van der Waals surface area contributed by atoms with Crippen molar-refractivity contribution in [1.82, 2.24) is 0 Å². The topological polar surface area (TPSA) is 61.9 Å². The SMILES string of the molecule is CN1CCN2C(=O)C(N)N=C(c3ccccc3F)c3cccc1c32. The monoisotopic (exact) mass is 324 g/mol. The maximum Gasteiger partial charge on any atom is 0.266 e. The van der Waals surface area contributed by atoms with Gasteiger partial charge in [-0.15, -0.1) is 0 Å². The molecule has 0 aliphatic carbocycles. The molecule has 6 heteroatoms. The van der Waals surface area contributed by atoms with Crippen LogP contribution in [0.15, 0.2) is 47.5 Å². The summed E-state index contributed by atoms with van der Waals surface area (Å²) in [6.07, 6.45) is -1.04. The molecule has 4 rings (SSSR count). The number of hydrogen-bond acceptors (Lipinski definition) is 4. The van der Waals surface area contributed by atoms with Crippen LogP contribution < -0.4 is 15.5 Å². The van der Waals surface area contributed by atoms with Gasteiger partial charge in [-0.3, -0.25) is 9.79 Å². The Hall–Kier alpha value is -2.73. The van der Waals surface area contributed by atoms with Crippen molar-refractivity contribution in [2.75, 3.05) is 29.9 Å². The number of hydrogen-bond donors (Lipinski definition) is 1. The van der Waals surface area contributed by atoms with Crippen molar-refractivity contribution < 1.29 is 9.18 Å². The summed E-state index contributed by atoms with van der Waals surface area (Å²) in [5.74, 6) is -0.644. The van der Waals surface area contributed by atoms with E-state index < -0.39 is 6.17 Å². The number of nitrogens with zero attached hydrogens (tertiary/aromatic N) is 3. The third-order valence-corrected chi connectivity index (χ3v) is 4.53. The molecule has 2 aromatic rings. The van der Waals surface area contributed by atoms with Crippen molar-refractivity contribution >= 4 is 23.0 Å². The van der Waals surface area contributed by atoms with Crippen LogP contribution in [0.2, 0.25) is 0 Å². The molecule has 0 spiro atoms. The largest absolute Gasteiger partial charge is 0.371 e. The van der Waals surface area contributed by atoms with E-state index in [0.29, 0.717) is 24.4 Å². The van der Waals surface area contributed by atoms with Gasteiger partial charge in [-0.2, -0.15) is 0 Å². The van der Waals surface area contributed by atoms with Gasteiger partial charge in [0.05, 0.1) is 17.1 Å². The minimum Gasteiger partial charge on any atom is -0.371 e. The molecule has 2 heterocycles. The number of amides is 1. The van der Waals surface area contributed by atoms with Crippen LogP contribution in [-0.4, -0.2) is 37.9 Å². The predicted octanol–water partition coefficient (Wildman–Crippen LogP) is 1.74. The molecule has 1 atom stereocenters. The van der Waals surface area contributed by atoms with Crippen molar-refractivity contribution in [1.29, 1.82) is 0 Å². The van der Waals surface area contributed by atoms with E-state index in [1.165, 1.54) is 6.07 Å². The number of nitrogens with two attached hydrogens (primary N) is 1. The van der Waals surface area contributed by atoms with Crippen LogP contribution in [0.3, 0.4) is 0 Å². The highest BCUT2D eigenvalue weighted by Crippen LogP contribution is 2.38. The Morgan fingerprint density at radius 1 is 1.12 bits per heavy atom. The molecular formula is C18H17FN4O. The first kappa shape index (κ1) is 14.8. The first-order valence-corrected chi connectivity index (χ1v) is 7.82. The normalized spacial score (nSPS) is 19.7. The van der Waals surface area contributed by atoms with Gasteiger partial charge in [0.25, 0.3) is 5.91 Å². The average molecular weight is 324 g/mol. The van der Waals surface area contributed by atoms with Crippen molar-refractivity contribution in [2.45, 2.75) is 6.17 Å². The Bertz CT molecular complexity index is 864. The lowest BCUT2D eigenvalue weighted by Crippen LogP contribution is -2.48. The fourth-order valence-electron chi connectivity index (χ4n) is 3.31. The summed E-state index contributed by atoms with van der Waals surface area (Å²) < 4.78 is 14.4. The van der Waals surface area contributed by atoms with Crippen molar-refractivity contribution in [3.63, 3.8) is 0 Å². The van der Waals surface area contributed by atoms with Gasteiger partial charge < -0.3 is 15.5 Å². The second kappa shape index (κ2) is 5.42. The van der Waals surface area contributed by atoms with Crippen molar-refractivity contribution in [3.8, 4) is 0 Å². The number of halogens is 1. The summed E-state index contributed by atoms with van der Waals surface area (Å²) in [4.78, 5) is 20.8. The molecule has 0 fully saturated rings. The highest BCUT2D eigenvalue weighted by atomic mass is 19.1. The molecule has 2 N–H and O–H groups in total. The van der Waals surface area contributed by atoms with Crippen LogP contribution in [0.25, 0.3) is 0 Å². The smallest absolute Gasteiger partial charge is 0.266 e. The zero-order valence-electron chi connectivity index (χ0n) is 13.2. The Kier molecular flexibility index (Phi) is 3.35. The Labute approximate surface area is 139 Å². The lowest BCUT2D eigenvalue weighted by Gasteiger charge is -2.36. The van der Waals surface area contributed by atoms with Gasteiger partial charge in [-0.25, -0.2) is 4.39 Å². The van der Waals surface area contributed by atoms with Gasteiger partial charge in [-0.1, -0.05) is 24.3 Å². The predicted molar refractivity (Wildman–Crippen MR) is 92.1 cm³/mol. The molecule has 0 radical (unpaired) electrons. The summed E-state index contributed by atoms with van der Waals surface area (Å²) in [5, 5.41) is 0. The Morgan fingerprint density at radius 2 is 1.88 bits per heavy atom. The van der Waals surface area contributed by atoms with E-state index in [1.54, 1.807) is 23.1 Å². The Morgan fingerprint density at radius 3 is 2.67 bits per heavy atom. The van der Waals surface area contributed by atoms with Crippen LogP contribution in [0.1, 0.15) is 11.1 Å². The number of aliphatic imine (C=N–C) groups is 1. The number of rotatable bonds is 1. The lowest BCUT2D eigenvalue weighted by molar-refractivity contribution is -0.119. The van der Waals surface area contributed by atoms with Gasteiger partial charge in [0.1, 0.15) is 5.82 Å². The van der Waals surface area contributed by atoms with E-state index in [0.717, 1.165) is 16.9 Å². The minimum atomic E-state index is -1.04.